The van der Waals surface area contributed by atoms with Gasteiger partial charge in [-0.2, -0.15) is 0 Å². The second-order valence-corrected chi connectivity index (χ2v) is 8.23. The van der Waals surface area contributed by atoms with E-state index in [1.807, 2.05) is 57.2 Å². The molecule has 0 fully saturated rings. The molecule has 1 heterocycles. The Bertz CT molecular complexity index is 1020. The highest BCUT2D eigenvalue weighted by molar-refractivity contribution is 6.30. The first-order chi connectivity index (χ1) is 13.2. The highest BCUT2D eigenvalue weighted by Crippen LogP contribution is 2.35. The molecule has 146 valence electrons. The number of ether oxygens (including phenoxy) is 1. The van der Waals surface area contributed by atoms with Gasteiger partial charge >= 0.3 is 0 Å². The maximum atomic E-state index is 12.0. The number of fused-ring (bicyclic) bond motifs is 1. The molecule has 2 aromatic carbocycles. The van der Waals surface area contributed by atoms with E-state index < -0.39 is 0 Å². The number of benzene rings is 2. The minimum Gasteiger partial charge on any atom is -0.371 e. The fourth-order valence-corrected chi connectivity index (χ4v) is 3.25. The van der Waals surface area contributed by atoms with Gasteiger partial charge in [0, 0.05) is 17.5 Å². The van der Waals surface area contributed by atoms with Crippen LogP contribution < -0.4 is 5.32 Å². The Kier molecular flexibility index (Phi) is 5.73. The number of aryl methyl sites for hydroxylation is 1. The predicted octanol–water partition coefficient (Wildman–Crippen LogP) is 5.54. The number of carbonyl (C=O) groups excluding carboxylic acids is 1. The van der Waals surface area contributed by atoms with Crippen molar-refractivity contribution < 1.29 is 9.53 Å². The van der Waals surface area contributed by atoms with Crippen molar-refractivity contribution in [2.45, 2.75) is 39.9 Å². The Morgan fingerprint density at radius 2 is 1.82 bits per heavy atom. The Balaban J connectivity index is 2.25. The lowest BCUT2D eigenvalue weighted by Gasteiger charge is -2.23. The minimum absolute atomic E-state index is 0.201. The maximum Gasteiger partial charge on any atom is 0.269 e. The SMILES string of the molecule is CNC(=O)c1ccc2c(-c3ccc(Cl)cc3)c(COC(C)(C)C)c(C)cc2n1. The summed E-state index contributed by atoms with van der Waals surface area (Å²) in [6.45, 7) is 8.67. The number of hydrogen-bond donors (Lipinski definition) is 1. The number of rotatable bonds is 4. The van der Waals surface area contributed by atoms with E-state index in [0.29, 0.717) is 17.3 Å². The van der Waals surface area contributed by atoms with Crippen LogP contribution in [0.25, 0.3) is 22.0 Å². The topological polar surface area (TPSA) is 51.2 Å². The monoisotopic (exact) mass is 396 g/mol. The Morgan fingerprint density at radius 1 is 1.14 bits per heavy atom. The molecule has 28 heavy (non-hydrogen) atoms. The first-order valence-electron chi connectivity index (χ1n) is 9.25. The summed E-state index contributed by atoms with van der Waals surface area (Å²) in [7, 11) is 1.60. The van der Waals surface area contributed by atoms with Gasteiger partial charge in [-0.05, 0) is 80.3 Å². The predicted molar refractivity (Wildman–Crippen MR) is 115 cm³/mol. The fourth-order valence-electron chi connectivity index (χ4n) is 3.12. The zero-order valence-corrected chi connectivity index (χ0v) is 17.6. The lowest BCUT2D eigenvalue weighted by atomic mass is 9.91. The molecule has 0 spiro atoms. The zero-order chi connectivity index (χ0) is 20.5. The number of pyridine rings is 1. The number of carbonyl (C=O) groups is 1. The van der Waals surface area contributed by atoms with Crippen LogP contribution in [0.2, 0.25) is 5.02 Å². The summed E-state index contributed by atoms with van der Waals surface area (Å²) in [5.74, 6) is -0.201. The van der Waals surface area contributed by atoms with Crippen LogP contribution in [0.15, 0.2) is 42.5 Å². The van der Waals surface area contributed by atoms with E-state index >= 15 is 0 Å². The molecule has 0 bridgehead atoms. The molecular weight excluding hydrogens is 372 g/mol. The summed E-state index contributed by atoms with van der Waals surface area (Å²) in [6.07, 6.45) is 0. The van der Waals surface area contributed by atoms with Gasteiger partial charge in [0.25, 0.3) is 5.91 Å². The number of hydrogen-bond acceptors (Lipinski definition) is 3. The third kappa shape index (κ3) is 4.34. The van der Waals surface area contributed by atoms with E-state index in [0.717, 1.165) is 33.2 Å². The van der Waals surface area contributed by atoms with Gasteiger partial charge in [-0.25, -0.2) is 4.98 Å². The van der Waals surface area contributed by atoms with Crippen molar-refractivity contribution in [1.29, 1.82) is 0 Å². The summed E-state index contributed by atoms with van der Waals surface area (Å²) < 4.78 is 6.10. The largest absolute Gasteiger partial charge is 0.371 e. The molecule has 0 aliphatic carbocycles. The Hall–Kier alpha value is -2.43. The van der Waals surface area contributed by atoms with Gasteiger partial charge in [-0.1, -0.05) is 23.7 Å². The molecule has 0 saturated heterocycles. The smallest absolute Gasteiger partial charge is 0.269 e. The summed E-state index contributed by atoms with van der Waals surface area (Å²) in [5, 5.41) is 4.29. The normalized spacial score (nSPS) is 11.6. The molecule has 3 aromatic rings. The summed E-state index contributed by atoms with van der Waals surface area (Å²) in [5.41, 5.74) is 5.22. The van der Waals surface area contributed by atoms with Gasteiger partial charge < -0.3 is 10.1 Å². The Labute approximate surface area is 170 Å². The molecule has 5 heteroatoms. The van der Waals surface area contributed by atoms with Crippen LogP contribution in [0.5, 0.6) is 0 Å². The third-order valence-corrected chi connectivity index (χ3v) is 4.82. The number of nitrogens with zero attached hydrogens (tertiary/aromatic N) is 1. The molecule has 0 atom stereocenters. The first-order valence-corrected chi connectivity index (χ1v) is 9.62. The van der Waals surface area contributed by atoms with Gasteiger partial charge in [0.1, 0.15) is 5.69 Å². The van der Waals surface area contributed by atoms with E-state index in [1.54, 1.807) is 13.1 Å². The second kappa shape index (κ2) is 7.90. The molecule has 0 aliphatic rings. The molecule has 4 nitrogen and oxygen atoms in total. The van der Waals surface area contributed by atoms with E-state index in [-0.39, 0.29) is 11.5 Å². The van der Waals surface area contributed by atoms with Crippen LogP contribution in [-0.4, -0.2) is 23.5 Å². The van der Waals surface area contributed by atoms with Crippen molar-refractivity contribution in [3.8, 4) is 11.1 Å². The van der Waals surface area contributed by atoms with Gasteiger partial charge in [0.2, 0.25) is 0 Å². The fraction of sp³-hybridized carbons (Fsp3) is 0.304. The summed E-state index contributed by atoms with van der Waals surface area (Å²) >= 11 is 6.10. The van der Waals surface area contributed by atoms with Crippen LogP contribution in [0, 0.1) is 6.92 Å². The highest BCUT2D eigenvalue weighted by Gasteiger charge is 2.18. The molecular formula is C23H25ClN2O2. The van der Waals surface area contributed by atoms with Gasteiger partial charge in [0.15, 0.2) is 0 Å². The molecule has 0 unspecified atom stereocenters. The molecule has 1 aromatic heterocycles. The molecule has 1 N–H and O–H groups in total. The highest BCUT2D eigenvalue weighted by atomic mass is 35.5. The average Bonchev–Trinajstić information content (AvgIpc) is 2.65. The molecule has 0 aliphatic heterocycles. The van der Waals surface area contributed by atoms with Crippen molar-refractivity contribution >= 4 is 28.4 Å². The van der Waals surface area contributed by atoms with E-state index in [2.05, 4.69) is 17.2 Å². The van der Waals surface area contributed by atoms with Gasteiger partial charge in [-0.15, -0.1) is 0 Å². The van der Waals surface area contributed by atoms with Crippen molar-refractivity contribution in [3.63, 3.8) is 0 Å². The average molecular weight is 397 g/mol. The maximum absolute atomic E-state index is 12.0. The van der Waals surface area contributed by atoms with E-state index in [4.69, 9.17) is 16.3 Å². The van der Waals surface area contributed by atoms with Crippen LogP contribution in [-0.2, 0) is 11.3 Å². The number of halogens is 1. The lowest BCUT2D eigenvalue weighted by molar-refractivity contribution is -0.0149. The van der Waals surface area contributed by atoms with Crippen LogP contribution in [0.1, 0.15) is 42.4 Å². The summed E-state index contributed by atoms with van der Waals surface area (Å²) in [6, 6.07) is 13.5. The second-order valence-electron chi connectivity index (χ2n) is 7.80. The van der Waals surface area contributed by atoms with Crippen molar-refractivity contribution in [3.05, 3.63) is 64.3 Å². The first kappa shape index (κ1) is 20.3. The molecule has 0 radical (unpaired) electrons. The quantitative estimate of drug-likeness (QED) is 0.630. The van der Waals surface area contributed by atoms with Gasteiger partial charge in [0.05, 0.1) is 17.7 Å². The van der Waals surface area contributed by atoms with E-state index in [1.165, 1.54) is 0 Å². The standard InChI is InChI=1S/C23H25ClN2O2/c1-14-12-20-17(10-11-19(26-20)22(27)25-5)21(15-6-8-16(24)9-7-15)18(14)13-28-23(2,3)4/h6-12H,13H2,1-5H3,(H,25,27). The van der Waals surface area contributed by atoms with Crippen LogP contribution in [0.4, 0.5) is 0 Å². The van der Waals surface area contributed by atoms with Crippen molar-refractivity contribution in [1.82, 2.24) is 10.3 Å². The number of aromatic nitrogens is 1. The van der Waals surface area contributed by atoms with Gasteiger partial charge in [-0.3, -0.25) is 4.79 Å². The summed E-state index contributed by atoms with van der Waals surface area (Å²) in [4.78, 5) is 16.6. The molecule has 3 rings (SSSR count). The Morgan fingerprint density at radius 3 is 2.43 bits per heavy atom. The third-order valence-electron chi connectivity index (χ3n) is 4.57. The lowest BCUT2D eigenvalue weighted by Crippen LogP contribution is -2.20. The van der Waals surface area contributed by atoms with Crippen LogP contribution >= 0.6 is 11.6 Å². The van der Waals surface area contributed by atoms with E-state index in [9.17, 15) is 4.79 Å². The minimum atomic E-state index is -0.250. The van der Waals surface area contributed by atoms with Crippen molar-refractivity contribution in [2.75, 3.05) is 7.05 Å². The number of nitrogens with one attached hydrogen (secondary N) is 1. The van der Waals surface area contributed by atoms with Crippen LogP contribution in [0.3, 0.4) is 0 Å². The number of amides is 1. The zero-order valence-electron chi connectivity index (χ0n) is 16.9. The van der Waals surface area contributed by atoms with Crippen molar-refractivity contribution in [2.24, 2.45) is 0 Å². The molecule has 1 amide bonds. The molecule has 0 saturated carbocycles.